The fraction of sp³-hybridized carbons (Fsp3) is 0.231. The number of hydrogen-bond acceptors (Lipinski definition) is 2. The Labute approximate surface area is 94.1 Å². The van der Waals surface area contributed by atoms with Gasteiger partial charge >= 0.3 is 0 Å². The molecule has 0 saturated heterocycles. The highest BCUT2D eigenvalue weighted by Gasteiger charge is 2.05. The Morgan fingerprint density at radius 2 is 1.67 bits per heavy atom. The van der Waals surface area contributed by atoms with Crippen LogP contribution in [0.25, 0.3) is 10.8 Å². The van der Waals surface area contributed by atoms with Crippen molar-refractivity contribution in [3.63, 3.8) is 0 Å². The molecule has 0 aliphatic carbocycles. The van der Waals surface area contributed by atoms with E-state index in [1.165, 1.54) is 4.90 Å². The van der Waals surface area contributed by atoms with E-state index < -0.39 is 0 Å². The highest BCUT2D eigenvalue weighted by atomic mass is 32.2. The Bertz CT molecular complexity index is 477. The zero-order chi connectivity index (χ0) is 10.8. The predicted octanol–water partition coefficient (Wildman–Crippen LogP) is 4.05. The minimum atomic E-state index is 0.360. The summed E-state index contributed by atoms with van der Waals surface area (Å²) in [5, 5.41) is 12.3. The molecule has 2 aromatic rings. The summed E-state index contributed by atoms with van der Waals surface area (Å²) >= 11 is 1.83. The van der Waals surface area contributed by atoms with E-state index in [9.17, 15) is 5.11 Å². The zero-order valence-corrected chi connectivity index (χ0v) is 9.71. The van der Waals surface area contributed by atoms with Gasteiger partial charge in [-0.2, -0.15) is 0 Å². The minimum absolute atomic E-state index is 0.360. The van der Waals surface area contributed by atoms with Gasteiger partial charge in [0.05, 0.1) is 0 Å². The number of rotatable bonds is 2. The van der Waals surface area contributed by atoms with Crippen LogP contribution in [0.4, 0.5) is 0 Å². The van der Waals surface area contributed by atoms with Crippen molar-refractivity contribution in [3.8, 4) is 5.75 Å². The smallest absolute Gasteiger partial charge is 0.123 e. The van der Waals surface area contributed by atoms with E-state index in [0.29, 0.717) is 11.0 Å². The highest BCUT2D eigenvalue weighted by Crippen LogP contribution is 2.33. The first-order chi connectivity index (χ1) is 7.18. The van der Waals surface area contributed by atoms with Crippen molar-refractivity contribution in [1.82, 2.24) is 0 Å². The van der Waals surface area contributed by atoms with E-state index >= 15 is 0 Å². The van der Waals surface area contributed by atoms with Crippen LogP contribution in [0.1, 0.15) is 13.8 Å². The molecule has 0 heterocycles. The van der Waals surface area contributed by atoms with Crippen LogP contribution in [-0.2, 0) is 0 Å². The average Bonchev–Trinajstić information content (AvgIpc) is 2.19. The summed E-state index contributed by atoms with van der Waals surface area (Å²) in [5.41, 5.74) is 0. The Morgan fingerprint density at radius 3 is 2.40 bits per heavy atom. The normalized spacial score (nSPS) is 11.1. The van der Waals surface area contributed by atoms with Gasteiger partial charge in [-0.05, 0) is 17.5 Å². The molecule has 2 heteroatoms. The molecule has 1 nitrogen and oxygen atoms in total. The lowest BCUT2D eigenvalue weighted by Crippen LogP contribution is -1.86. The number of fused-ring (bicyclic) bond motifs is 1. The molecule has 2 rings (SSSR count). The molecule has 0 radical (unpaired) electrons. The summed E-state index contributed by atoms with van der Waals surface area (Å²) in [6.45, 7) is 4.35. The van der Waals surface area contributed by atoms with Crippen molar-refractivity contribution in [1.29, 1.82) is 0 Å². The SMILES string of the molecule is CC(C)Sc1cccc2c(O)cccc12. The third-order valence-electron chi connectivity index (χ3n) is 2.22. The molecule has 15 heavy (non-hydrogen) atoms. The molecule has 1 N–H and O–H groups in total. The van der Waals surface area contributed by atoms with Crippen LogP contribution in [0.5, 0.6) is 5.75 Å². The van der Waals surface area contributed by atoms with Gasteiger partial charge in [0.15, 0.2) is 0 Å². The van der Waals surface area contributed by atoms with E-state index in [4.69, 9.17) is 0 Å². The number of hydrogen-bond donors (Lipinski definition) is 1. The second kappa shape index (κ2) is 4.15. The Hall–Kier alpha value is -1.15. The number of aromatic hydroxyl groups is 1. The molecule has 0 saturated carbocycles. The van der Waals surface area contributed by atoms with Crippen molar-refractivity contribution in [2.24, 2.45) is 0 Å². The topological polar surface area (TPSA) is 20.2 Å². The van der Waals surface area contributed by atoms with Crippen molar-refractivity contribution in [3.05, 3.63) is 36.4 Å². The van der Waals surface area contributed by atoms with Gasteiger partial charge in [-0.3, -0.25) is 0 Å². The van der Waals surface area contributed by atoms with Gasteiger partial charge < -0.3 is 5.11 Å². The van der Waals surface area contributed by atoms with E-state index in [1.54, 1.807) is 6.07 Å². The molecule has 0 aromatic heterocycles. The van der Waals surface area contributed by atoms with Crippen molar-refractivity contribution in [2.45, 2.75) is 24.0 Å². The number of phenols is 1. The van der Waals surface area contributed by atoms with E-state index in [1.807, 2.05) is 30.0 Å². The van der Waals surface area contributed by atoms with E-state index in [0.717, 1.165) is 10.8 Å². The van der Waals surface area contributed by atoms with Crippen LogP contribution in [0.2, 0.25) is 0 Å². The fourth-order valence-corrected chi connectivity index (χ4v) is 2.59. The predicted molar refractivity (Wildman–Crippen MR) is 66.6 cm³/mol. The quantitative estimate of drug-likeness (QED) is 0.767. The molecule has 0 bridgehead atoms. The maximum atomic E-state index is 9.72. The standard InChI is InChI=1S/C13H14OS/c1-9(2)15-13-8-4-5-10-11(13)6-3-7-12(10)14/h3-9,14H,1-2H3. The van der Waals surface area contributed by atoms with Gasteiger partial charge in [0.2, 0.25) is 0 Å². The maximum Gasteiger partial charge on any atom is 0.123 e. The Kier molecular flexibility index (Phi) is 2.87. The van der Waals surface area contributed by atoms with Crippen LogP contribution in [0.3, 0.4) is 0 Å². The second-order valence-corrected chi connectivity index (χ2v) is 5.41. The number of thioether (sulfide) groups is 1. The van der Waals surface area contributed by atoms with E-state index in [-0.39, 0.29) is 0 Å². The van der Waals surface area contributed by atoms with Crippen LogP contribution in [0, 0.1) is 0 Å². The summed E-state index contributed by atoms with van der Waals surface area (Å²) < 4.78 is 0. The van der Waals surface area contributed by atoms with Gasteiger partial charge in [0.1, 0.15) is 5.75 Å². The minimum Gasteiger partial charge on any atom is -0.507 e. The lowest BCUT2D eigenvalue weighted by Gasteiger charge is -2.09. The van der Waals surface area contributed by atoms with Gasteiger partial charge in [-0.15, -0.1) is 11.8 Å². The second-order valence-electron chi connectivity index (χ2n) is 3.80. The molecule has 0 spiro atoms. The first-order valence-corrected chi connectivity index (χ1v) is 5.94. The highest BCUT2D eigenvalue weighted by molar-refractivity contribution is 8.00. The Balaban J connectivity index is 2.61. The Morgan fingerprint density at radius 1 is 1.00 bits per heavy atom. The van der Waals surface area contributed by atoms with Gasteiger partial charge in [0, 0.05) is 15.5 Å². The molecule has 0 aliphatic heterocycles. The summed E-state index contributed by atoms with van der Waals surface area (Å²) in [6, 6.07) is 11.7. The molecule has 0 atom stereocenters. The monoisotopic (exact) mass is 218 g/mol. The van der Waals surface area contributed by atoms with Gasteiger partial charge in [-0.1, -0.05) is 38.1 Å². The van der Waals surface area contributed by atoms with Gasteiger partial charge in [0.25, 0.3) is 0 Å². The summed E-state index contributed by atoms with van der Waals surface area (Å²) in [4.78, 5) is 1.23. The van der Waals surface area contributed by atoms with Gasteiger partial charge in [-0.25, -0.2) is 0 Å². The molecule has 2 aromatic carbocycles. The zero-order valence-electron chi connectivity index (χ0n) is 8.90. The summed E-state index contributed by atoms with van der Waals surface area (Å²) in [6.07, 6.45) is 0. The number of phenolic OH excluding ortho intramolecular Hbond substituents is 1. The van der Waals surface area contributed by atoms with Crippen molar-refractivity contribution >= 4 is 22.5 Å². The van der Waals surface area contributed by atoms with Crippen LogP contribution < -0.4 is 0 Å². The molecule has 78 valence electrons. The molecule has 0 amide bonds. The lowest BCUT2D eigenvalue weighted by molar-refractivity contribution is 0.481. The van der Waals surface area contributed by atoms with Crippen molar-refractivity contribution < 1.29 is 5.11 Å². The third kappa shape index (κ3) is 2.10. The summed E-state index contributed by atoms with van der Waals surface area (Å²) in [7, 11) is 0. The molecule has 0 unspecified atom stereocenters. The lowest BCUT2D eigenvalue weighted by atomic mass is 10.1. The number of benzene rings is 2. The fourth-order valence-electron chi connectivity index (χ4n) is 1.62. The molecular weight excluding hydrogens is 204 g/mol. The first-order valence-electron chi connectivity index (χ1n) is 5.06. The molecule has 0 fully saturated rings. The molecule has 0 aliphatic rings. The molecular formula is C13H14OS. The summed E-state index contributed by atoms with van der Waals surface area (Å²) in [5.74, 6) is 0.360. The first kappa shape index (κ1) is 10.4. The third-order valence-corrected chi connectivity index (χ3v) is 3.30. The van der Waals surface area contributed by atoms with Crippen molar-refractivity contribution in [2.75, 3.05) is 0 Å². The van der Waals surface area contributed by atoms with Crippen LogP contribution in [0.15, 0.2) is 41.3 Å². The van der Waals surface area contributed by atoms with Crippen LogP contribution in [-0.4, -0.2) is 10.4 Å². The maximum absolute atomic E-state index is 9.72. The largest absolute Gasteiger partial charge is 0.507 e. The average molecular weight is 218 g/mol. The van der Waals surface area contributed by atoms with Crippen LogP contribution >= 0.6 is 11.8 Å². The van der Waals surface area contributed by atoms with E-state index in [2.05, 4.69) is 26.0 Å².